The molecule has 0 aliphatic carbocycles. The summed E-state index contributed by atoms with van der Waals surface area (Å²) >= 11 is 0. The molecule has 37 heavy (non-hydrogen) atoms. The summed E-state index contributed by atoms with van der Waals surface area (Å²) in [4.78, 5) is 41.6. The first kappa shape index (κ1) is 28.6. The lowest BCUT2D eigenvalue weighted by Gasteiger charge is -2.29. The van der Waals surface area contributed by atoms with Crippen molar-refractivity contribution in [3.63, 3.8) is 0 Å². The van der Waals surface area contributed by atoms with Gasteiger partial charge in [0.2, 0.25) is 17.7 Å². The number of benzene rings is 2. The van der Waals surface area contributed by atoms with Crippen LogP contribution in [0.5, 0.6) is 0 Å². The maximum atomic E-state index is 13.5. The van der Waals surface area contributed by atoms with E-state index in [0.717, 1.165) is 48.4 Å². The number of hydrogen-bond acceptors (Lipinski definition) is 5. The molecular weight excluding hydrogens is 468 g/mol. The molecule has 0 spiro atoms. The third-order valence-electron chi connectivity index (χ3n) is 7.13. The molecular formula is C29H42N4O4. The second-order valence-corrected chi connectivity index (χ2v) is 10.0. The van der Waals surface area contributed by atoms with Gasteiger partial charge >= 0.3 is 0 Å². The summed E-state index contributed by atoms with van der Waals surface area (Å²) < 4.78 is 0. The Bertz CT molecular complexity index is 1050. The quantitative estimate of drug-likeness (QED) is 0.330. The zero-order valence-corrected chi connectivity index (χ0v) is 22.1. The molecule has 5 N–H and O–H groups in total. The molecule has 3 rings (SSSR count). The number of hydrogen-bond donors (Lipinski definition) is 4. The van der Waals surface area contributed by atoms with Gasteiger partial charge in [-0.05, 0) is 42.0 Å². The fraction of sp³-hybridized carbons (Fsp3) is 0.552. The number of fused-ring (bicyclic) bond motifs is 1. The molecule has 1 aliphatic heterocycles. The lowest BCUT2D eigenvalue weighted by Crippen LogP contribution is -2.55. The molecule has 8 nitrogen and oxygen atoms in total. The lowest BCUT2D eigenvalue weighted by atomic mass is 9.96. The van der Waals surface area contributed by atoms with E-state index in [1.807, 2.05) is 42.5 Å². The molecule has 202 valence electrons. The average Bonchev–Trinajstić information content (AvgIpc) is 3.40. The lowest BCUT2D eigenvalue weighted by molar-refractivity contribution is -0.142. The molecule has 1 heterocycles. The molecule has 3 amide bonds. The van der Waals surface area contributed by atoms with Gasteiger partial charge in [0.05, 0.1) is 6.10 Å². The monoisotopic (exact) mass is 510 g/mol. The summed E-state index contributed by atoms with van der Waals surface area (Å²) in [6, 6.07) is 12.5. The van der Waals surface area contributed by atoms with Gasteiger partial charge in [-0.3, -0.25) is 14.4 Å². The van der Waals surface area contributed by atoms with Crippen molar-refractivity contribution in [2.24, 2.45) is 11.7 Å². The number of carbonyl (C=O) groups excluding carboxylic acids is 3. The molecule has 8 heteroatoms. The van der Waals surface area contributed by atoms with Crippen molar-refractivity contribution in [2.45, 2.75) is 77.0 Å². The Morgan fingerprint density at radius 1 is 1.08 bits per heavy atom. The molecule has 0 aromatic heterocycles. The van der Waals surface area contributed by atoms with Crippen LogP contribution in [0.25, 0.3) is 10.8 Å². The van der Waals surface area contributed by atoms with Crippen molar-refractivity contribution < 1.29 is 19.5 Å². The number of rotatable bonds is 13. The van der Waals surface area contributed by atoms with Crippen LogP contribution in [0.1, 0.15) is 57.9 Å². The highest BCUT2D eigenvalue weighted by Gasteiger charge is 2.38. The second kappa shape index (κ2) is 14.1. The fourth-order valence-corrected chi connectivity index (χ4v) is 5.13. The predicted molar refractivity (Wildman–Crippen MR) is 146 cm³/mol. The van der Waals surface area contributed by atoms with E-state index in [1.165, 1.54) is 0 Å². The summed E-state index contributed by atoms with van der Waals surface area (Å²) in [6.45, 7) is 4.73. The number of carbonyl (C=O) groups is 3. The Balaban J connectivity index is 1.77. The van der Waals surface area contributed by atoms with Crippen molar-refractivity contribution in [3.05, 3.63) is 48.0 Å². The highest BCUT2D eigenvalue weighted by atomic mass is 16.3. The molecule has 1 aliphatic rings. The van der Waals surface area contributed by atoms with E-state index in [0.29, 0.717) is 13.0 Å². The topological polar surface area (TPSA) is 125 Å². The first-order valence-electron chi connectivity index (χ1n) is 13.6. The van der Waals surface area contributed by atoms with Crippen LogP contribution in [0.3, 0.4) is 0 Å². The average molecular weight is 511 g/mol. The van der Waals surface area contributed by atoms with Crippen molar-refractivity contribution in [1.82, 2.24) is 15.5 Å². The van der Waals surface area contributed by atoms with Crippen molar-refractivity contribution >= 4 is 28.5 Å². The normalized spacial score (nSPS) is 17.1. The van der Waals surface area contributed by atoms with Crippen LogP contribution in [0.4, 0.5) is 0 Å². The first-order chi connectivity index (χ1) is 17.9. The predicted octanol–water partition coefficient (Wildman–Crippen LogP) is 2.51. The number of nitrogens with one attached hydrogen (secondary N) is 2. The van der Waals surface area contributed by atoms with Gasteiger partial charge in [0.1, 0.15) is 12.1 Å². The van der Waals surface area contributed by atoms with Crippen LogP contribution < -0.4 is 16.4 Å². The van der Waals surface area contributed by atoms with Crippen molar-refractivity contribution in [2.75, 3.05) is 19.6 Å². The first-order valence-corrected chi connectivity index (χ1v) is 13.6. The van der Waals surface area contributed by atoms with Crippen LogP contribution in [0.15, 0.2) is 42.5 Å². The minimum absolute atomic E-state index is 0.00315. The maximum absolute atomic E-state index is 13.5. The molecule has 3 atom stereocenters. The van der Waals surface area contributed by atoms with Crippen LogP contribution in [0, 0.1) is 5.92 Å². The zero-order chi connectivity index (χ0) is 26.8. The molecule has 2 aromatic rings. The van der Waals surface area contributed by atoms with E-state index in [1.54, 1.807) is 4.90 Å². The molecule has 1 fully saturated rings. The third kappa shape index (κ3) is 7.76. The number of aliphatic hydroxyl groups excluding tert-OH is 1. The summed E-state index contributed by atoms with van der Waals surface area (Å²) in [7, 11) is 0. The SMILES string of the molecule is CCCC(CCC)C(=O)N1CCCC1C(=O)NC(Cc1ccc2ccccc2c1)C(=O)NCC(O)CN. The minimum atomic E-state index is -0.863. The molecule has 3 unspecified atom stereocenters. The van der Waals surface area contributed by atoms with Gasteiger partial charge < -0.3 is 26.4 Å². The van der Waals surface area contributed by atoms with E-state index in [2.05, 4.69) is 24.5 Å². The van der Waals surface area contributed by atoms with Crippen molar-refractivity contribution in [1.29, 1.82) is 0 Å². The Morgan fingerprint density at radius 3 is 2.46 bits per heavy atom. The standard InChI is InChI=1S/C29H42N4O4/c1-3-8-22(9-4-2)29(37)33-15-7-12-26(33)28(36)32-25(27(35)31-19-24(34)18-30)17-20-13-14-21-10-5-6-11-23(21)16-20/h5-6,10-11,13-14,16,22,24-26,34H,3-4,7-9,12,15,17-19,30H2,1-2H3,(H,31,35)(H,32,36). The summed E-state index contributed by atoms with van der Waals surface area (Å²) in [6.07, 6.45) is 4.24. The summed E-state index contributed by atoms with van der Waals surface area (Å²) in [5.41, 5.74) is 6.38. The van der Waals surface area contributed by atoms with Crippen LogP contribution in [-0.2, 0) is 20.8 Å². The third-order valence-corrected chi connectivity index (χ3v) is 7.13. The number of likely N-dealkylation sites (tertiary alicyclic amines) is 1. The molecule has 2 aromatic carbocycles. The van der Waals surface area contributed by atoms with Gasteiger partial charge in [-0.25, -0.2) is 0 Å². The van der Waals surface area contributed by atoms with Gasteiger partial charge in [0.15, 0.2) is 0 Å². The highest BCUT2D eigenvalue weighted by Crippen LogP contribution is 2.25. The Hall–Kier alpha value is -2.97. The molecule has 0 bridgehead atoms. The molecule has 1 saturated heterocycles. The van der Waals surface area contributed by atoms with E-state index >= 15 is 0 Å². The highest BCUT2D eigenvalue weighted by molar-refractivity contribution is 5.93. The second-order valence-electron chi connectivity index (χ2n) is 10.0. The van der Waals surface area contributed by atoms with E-state index in [4.69, 9.17) is 5.73 Å². The van der Waals surface area contributed by atoms with Crippen LogP contribution in [0.2, 0.25) is 0 Å². The number of nitrogens with zero attached hydrogens (tertiary/aromatic N) is 1. The number of aliphatic hydroxyl groups is 1. The van der Waals surface area contributed by atoms with Gasteiger partial charge in [-0.2, -0.15) is 0 Å². The van der Waals surface area contributed by atoms with Gasteiger partial charge in [0.25, 0.3) is 0 Å². The Kier molecular flexibility index (Phi) is 10.9. The number of amides is 3. The van der Waals surface area contributed by atoms with E-state index < -0.39 is 18.2 Å². The maximum Gasteiger partial charge on any atom is 0.243 e. The van der Waals surface area contributed by atoms with Crippen molar-refractivity contribution in [3.8, 4) is 0 Å². The van der Waals surface area contributed by atoms with Gasteiger partial charge in [0, 0.05) is 32.0 Å². The minimum Gasteiger partial charge on any atom is -0.390 e. The van der Waals surface area contributed by atoms with Crippen LogP contribution in [-0.4, -0.2) is 65.5 Å². The van der Waals surface area contributed by atoms with Crippen LogP contribution >= 0.6 is 0 Å². The van der Waals surface area contributed by atoms with Gasteiger partial charge in [-0.1, -0.05) is 69.2 Å². The van der Waals surface area contributed by atoms with E-state index in [9.17, 15) is 19.5 Å². The molecule has 0 saturated carbocycles. The summed E-state index contributed by atoms with van der Waals surface area (Å²) in [5, 5.41) is 17.6. The van der Waals surface area contributed by atoms with E-state index in [-0.39, 0.29) is 43.1 Å². The summed E-state index contributed by atoms with van der Waals surface area (Å²) in [5.74, 6) is -0.724. The Labute approximate surface area is 220 Å². The fourth-order valence-electron chi connectivity index (χ4n) is 5.13. The molecule has 0 radical (unpaired) electrons. The zero-order valence-electron chi connectivity index (χ0n) is 22.1. The number of nitrogens with two attached hydrogens (primary N) is 1. The smallest absolute Gasteiger partial charge is 0.243 e. The Morgan fingerprint density at radius 2 is 1.78 bits per heavy atom. The largest absolute Gasteiger partial charge is 0.390 e. The van der Waals surface area contributed by atoms with Gasteiger partial charge in [-0.15, -0.1) is 0 Å².